The minimum atomic E-state index is -0.487. The van der Waals surface area contributed by atoms with E-state index in [2.05, 4.69) is 10.6 Å². The number of carbonyl (C=O) groups excluding carboxylic acids is 2. The number of carbonyl (C=O) groups is 2. The molecule has 0 heterocycles. The van der Waals surface area contributed by atoms with Crippen molar-refractivity contribution >= 4 is 35.3 Å². The van der Waals surface area contributed by atoms with Gasteiger partial charge in [-0.15, -0.1) is 0 Å². The van der Waals surface area contributed by atoms with E-state index in [0.29, 0.717) is 12.8 Å². The second kappa shape index (κ2) is 12.0. The number of nitrogens with one attached hydrogen (secondary N) is 2. The molecule has 1 aliphatic rings. The first-order chi connectivity index (χ1) is 11.5. The number of hydrogen-bond donors (Lipinski definition) is 4. The second-order valence-corrected chi connectivity index (χ2v) is 8.26. The molecule has 0 aliphatic heterocycles. The van der Waals surface area contributed by atoms with E-state index >= 15 is 0 Å². The maximum Gasteiger partial charge on any atom is 0.237 e. The second-order valence-electron chi connectivity index (χ2n) is 6.29. The summed E-state index contributed by atoms with van der Waals surface area (Å²) in [7, 11) is 0. The van der Waals surface area contributed by atoms with Crippen LogP contribution in [0.25, 0.3) is 0 Å². The van der Waals surface area contributed by atoms with Crippen molar-refractivity contribution in [2.75, 3.05) is 24.0 Å². The van der Waals surface area contributed by atoms with Crippen molar-refractivity contribution in [3.05, 3.63) is 0 Å². The van der Waals surface area contributed by atoms with Gasteiger partial charge in [-0.1, -0.05) is 12.8 Å². The lowest BCUT2D eigenvalue weighted by Gasteiger charge is -2.34. The number of hydrogen-bond acceptors (Lipinski definition) is 6. The fraction of sp³-hybridized carbons (Fsp3) is 0.875. The first kappa shape index (κ1) is 21.6. The minimum Gasteiger partial charge on any atom is -0.350 e. The summed E-state index contributed by atoms with van der Waals surface area (Å²) >= 11 is 3.36. The average molecular weight is 377 g/mol. The molecule has 0 spiro atoms. The molecule has 6 nitrogen and oxygen atoms in total. The summed E-state index contributed by atoms with van der Waals surface area (Å²) in [5, 5.41) is 6.06. The van der Waals surface area contributed by atoms with Crippen LogP contribution in [0.2, 0.25) is 0 Å². The summed E-state index contributed by atoms with van der Waals surface area (Å²) in [6.45, 7) is 0. The molecule has 6 N–H and O–H groups in total. The van der Waals surface area contributed by atoms with E-state index in [-0.39, 0.29) is 23.9 Å². The molecule has 8 heteroatoms. The van der Waals surface area contributed by atoms with Crippen molar-refractivity contribution < 1.29 is 9.59 Å². The molecule has 0 saturated heterocycles. The van der Waals surface area contributed by atoms with Gasteiger partial charge in [0.1, 0.15) is 0 Å². The number of thioether (sulfide) groups is 2. The Bertz CT molecular complexity index is 362. The fourth-order valence-corrected chi connectivity index (χ4v) is 3.79. The van der Waals surface area contributed by atoms with E-state index in [9.17, 15) is 9.59 Å². The smallest absolute Gasteiger partial charge is 0.237 e. The van der Waals surface area contributed by atoms with E-state index in [1.165, 1.54) is 0 Å². The summed E-state index contributed by atoms with van der Waals surface area (Å²) in [5.41, 5.74) is 11.9. The molecule has 2 amide bonds. The molecule has 140 valence electrons. The third kappa shape index (κ3) is 7.63. The standard InChI is InChI=1S/C16H32N4O2S2/c1-23-9-7-11(17)15(21)19-13-5-3-4-6-14(13)20-16(22)12(18)8-10-24-2/h11-14H,3-10,17-18H2,1-2H3,(H,19,21)(H,20,22). The van der Waals surface area contributed by atoms with Crippen LogP contribution in [-0.2, 0) is 9.59 Å². The van der Waals surface area contributed by atoms with Gasteiger partial charge in [0.2, 0.25) is 11.8 Å². The predicted octanol–water partition coefficient (Wildman–Crippen LogP) is 0.691. The molecule has 0 radical (unpaired) electrons. The average Bonchev–Trinajstić information content (AvgIpc) is 2.58. The predicted molar refractivity (Wildman–Crippen MR) is 104 cm³/mol. The van der Waals surface area contributed by atoms with Gasteiger partial charge in [-0.25, -0.2) is 0 Å². The Morgan fingerprint density at radius 1 is 0.917 bits per heavy atom. The van der Waals surface area contributed by atoms with Crippen LogP contribution in [0.3, 0.4) is 0 Å². The highest BCUT2D eigenvalue weighted by molar-refractivity contribution is 7.98. The Kier molecular flexibility index (Phi) is 10.8. The van der Waals surface area contributed by atoms with Crippen molar-refractivity contribution in [2.24, 2.45) is 11.5 Å². The first-order valence-corrected chi connectivity index (χ1v) is 11.4. The SMILES string of the molecule is CSCCC(N)C(=O)NC1CCCCC1NC(=O)C(N)CCSC. The third-order valence-electron chi connectivity index (χ3n) is 4.36. The lowest BCUT2D eigenvalue weighted by Crippen LogP contribution is -2.58. The van der Waals surface area contributed by atoms with Gasteiger partial charge in [-0.2, -0.15) is 23.5 Å². The van der Waals surface area contributed by atoms with E-state index in [1.54, 1.807) is 23.5 Å². The van der Waals surface area contributed by atoms with E-state index < -0.39 is 12.1 Å². The largest absolute Gasteiger partial charge is 0.350 e. The Balaban J connectivity index is 2.52. The Hall–Kier alpha value is -0.440. The molecule has 0 aromatic carbocycles. The van der Waals surface area contributed by atoms with Crippen LogP contribution in [0.1, 0.15) is 38.5 Å². The molecule has 0 aromatic heterocycles. The van der Waals surface area contributed by atoms with Crippen molar-refractivity contribution in [2.45, 2.75) is 62.7 Å². The van der Waals surface area contributed by atoms with Gasteiger partial charge in [0.15, 0.2) is 0 Å². The van der Waals surface area contributed by atoms with Gasteiger partial charge in [-0.05, 0) is 49.7 Å². The number of rotatable bonds is 10. The summed E-state index contributed by atoms with van der Waals surface area (Å²) in [6.07, 6.45) is 9.16. The zero-order valence-corrected chi connectivity index (χ0v) is 16.4. The number of nitrogens with two attached hydrogens (primary N) is 2. The zero-order valence-electron chi connectivity index (χ0n) is 14.8. The van der Waals surface area contributed by atoms with Crippen LogP contribution in [0.4, 0.5) is 0 Å². The van der Waals surface area contributed by atoms with Crippen molar-refractivity contribution in [1.29, 1.82) is 0 Å². The van der Waals surface area contributed by atoms with Crippen LogP contribution >= 0.6 is 23.5 Å². The van der Waals surface area contributed by atoms with Crippen molar-refractivity contribution in [3.63, 3.8) is 0 Å². The van der Waals surface area contributed by atoms with Gasteiger partial charge in [0.25, 0.3) is 0 Å². The maximum atomic E-state index is 12.2. The van der Waals surface area contributed by atoms with Gasteiger partial charge in [-0.3, -0.25) is 9.59 Å². The van der Waals surface area contributed by atoms with Crippen LogP contribution in [0.15, 0.2) is 0 Å². The molecule has 0 aromatic rings. The molecule has 4 atom stereocenters. The lowest BCUT2D eigenvalue weighted by atomic mass is 9.89. The molecule has 1 rings (SSSR count). The Morgan fingerprint density at radius 2 is 1.29 bits per heavy atom. The minimum absolute atomic E-state index is 0.0525. The highest BCUT2D eigenvalue weighted by atomic mass is 32.2. The molecular formula is C16H32N4O2S2. The summed E-state index contributed by atoms with van der Waals surface area (Å²) in [6, 6.07) is -1.08. The topological polar surface area (TPSA) is 110 Å². The Morgan fingerprint density at radius 3 is 1.62 bits per heavy atom. The highest BCUT2D eigenvalue weighted by Crippen LogP contribution is 2.19. The summed E-state index contributed by atoms with van der Waals surface area (Å²) in [5.74, 6) is 1.48. The molecular weight excluding hydrogens is 344 g/mol. The molecule has 1 aliphatic carbocycles. The van der Waals surface area contributed by atoms with Crippen LogP contribution in [0, 0.1) is 0 Å². The molecule has 0 bridgehead atoms. The van der Waals surface area contributed by atoms with Gasteiger partial charge in [0.05, 0.1) is 12.1 Å². The molecule has 1 fully saturated rings. The zero-order chi connectivity index (χ0) is 17.9. The van der Waals surface area contributed by atoms with Crippen molar-refractivity contribution in [3.8, 4) is 0 Å². The summed E-state index contributed by atoms with van der Waals surface area (Å²) in [4.78, 5) is 24.5. The normalized spacial score (nSPS) is 23.3. The van der Waals surface area contributed by atoms with Gasteiger partial charge in [0, 0.05) is 12.1 Å². The van der Waals surface area contributed by atoms with Gasteiger partial charge < -0.3 is 22.1 Å². The van der Waals surface area contributed by atoms with Gasteiger partial charge >= 0.3 is 0 Å². The maximum absolute atomic E-state index is 12.2. The van der Waals surface area contributed by atoms with Crippen LogP contribution in [0.5, 0.6) is 0 Å². The van der Waals surface area contributed by atoms with E-state index in [1.807, 2.05) is 12.5 Å². The molecule has 1 saturated carbocycles. The fourth-order valence-electron chi connectivity index (χ4n) is 2.81. The number of amides is 2. The van der Waals surface area contributed by atoms with Crippen molar-refractivity contribution in [1.82, 2.24) is 10.6 Å². The van der Waals surface area contributed by atoms with E-state index in [4.69, 9.17) is 11.5 Å². The Labute approximate surface area is 154 Å². The van der Waals surface area contributed by atoms with Crippen LogP contribution < -0.4 is 22.1 Å². The third-order valence-corrected chi connectivity index (χ3v) is 5.65. The van der Waals surface area contributed by atoms with E-state index in [0.717, 1.165) is 37.2 Å². The first-order valence-electron chi connectivity index (χ1n) is 8.59. The monoisotopic (exact) mass is 376 g/mol. The quantitative estimate of drug-likeness (QED) is 0.446. The molecule has 4 unspecified atom stereocenters. The summed E-state index contributed by atoms with van der Waals surface area (Å²) < 4.78 is 0. The lowest BCUT2D eigenvalue weighted by molar-refractivity contribution is -0.126. The molecule has 24 heavy (non-hydrogen) atoms. The van der Waals surface area contributed by atoms with Crippen LogP contribution in [-0.4, -0.2) is 60.0 Å². The highest BCUT2D eigenvalue weighted by Gasteiger charge is 2.30.